The SMILES string of the molecule is [C-]#[N+]CCc1ccc(F)c(F)c1OC. The first-order valence-electron chi connectivity index (χ1n) is 4.04. The molecule has 1 rings (SSSR count). The molecule has 1 aromatic carbocycles. The van der Waals surface area contributed by atoms with Crippen LogP contribution in [0, 0.1) is 18.2 Å². The summed E-state index contributed by atoms with van der Waals surface area (Å²) >= 11 is 0. The largest absolute Gasteiger partial charge is 0.493 e. The summed E-state index contributed by atoms with van der Waals surface area (Å²) in [6.07, 6.45) is 0.365. The maximum absolute atomic E-state index is 13.1. The first kappa shape index (κ1) is 10.5. The Balaban J connectivity index is 3.05. The molecule has 0 N–H and O–H groups in total. The highest BCUT2D eigenvalue weighted by molar-refractivity contribution is 5.36. The summed E-state index contributed by atoms with van der Waals surface area (Å²) in [5, 5.41) is 0. The van der Waals surface area contributed by atoms with Gasteiger partial charge >= 0.3 is 0 Å². The summed E-state index contributed by atoms with van der Waals surface area (Å²) in [6.45, 7) is 6.83. The van der Waals surface area contributed by atoms with Crippen LogP contribution in [0.5, 0.6) is 5.75 Å². The molecule has 0 atom stereocenters. The highest BCUT2D eigenvalue weighted by Crippen LogP contribution is 2.25. The molecule has 74 valence electrons. The van der Waals surface area contributed by atoms with Gasteiger partial charge in [0.25, 0.3) is 0 Å². The van der Waals surface area contributed by atoms with E-state index in [2.05, 4.69) is 4.85 Å². The molecule has 0 saturated heterocycles. The third kappa shape index (κ3) is 1.99. The van der Waals surface area contributed by atoms with Crippen molar-refractivity contribution in [1.29, 1.82) is 0 Å². The molecule has 0 spiro atoms. The minimum Gasteiger partial charge on any atom is -0.493 e. The van der Waals surface area contributed by atoms with Crippen molar-refractivity contribution in [2.45, 2.75) is 6.42 Å². The minimum atomic E-state index is -0.991. The third-order valence-corrected chi connectivity index (χ3v) is 1.83. The molecule has 0 radical (unpaired) electrons. The molecule has 4 heteroatoms. The molecule has 0 aliphatic rings. The smallest absolute Gasteiger partial charge is 0.218 e. The Hall–Kier alpha value is -1.63. The van der Waals surface area contributed by atoms with E-state index >= 15 is 0 Å². The van der Waals surface area contributed by atoms with Gasteiger partial charge < -0.3 is 9.58 Å². The predicted octanol–water partition coefficient (Wildman–Crippen LogP) is 2.44. The first-order valence-corrected chi connectivity index (χ1v) is 4.04. The summed E-state index contributed by atoms with van der Waals surface area (Å²) in [5.41, 5.74) is 0.516. The predicted molar refractivity (Wildman–Crippen MR) is 48.1 cm³/mol. The fraction of sp³-hybridized carbons (Fsp3) is 0.300. The van der Waals surface area contributed by atoms with Crippen LogP contribution in [0.4, 0.5) is 8.78 Å². The summed E-state index contributed by atoms with van der Waals surface area (Å²) in [5.74, 6) is -2.03. The van der Waals surface area contributed by atoms with E-state index < -0.39 is 11.6 Å². The Kier molecular flexibility index (Phi) is 3.41. The van der Waals surface area contributed by atoms with Crippen molar-refractivity contribution in [2.24, 2.45) is 0 Å². The Morgan fingerprint density at radius 2 is 2.14 bits per heavy atom. The van der Waals surface area contributed by atoms with Gasteiger partial charge in [-0.2, -0.15) is 4.39 Å². The number of hydrogen-bond acceptors (Lipinski definition) is 1. The van der Waals surface area contributed by atoms with Crippen LogP contribution in [0.25, 0.3) is 4.85 Å². The molecular weight excluding hydrogens is 188 g/mol. The molecule has 14 heavy (non-hydrogen) atoms. The Morgan fingerprint density at radius 3 is 2.71 bits per heavy atom. The number of methoxy groups -OCH3 is 1. The maximum Gasteiger partial charge on any atom is 0.218 e. The van der Waals surface area contributed by atoms with Crippen LogP contribution in [-0.4, -0.2) is 13.7 Å². The molecule has 0 amide bonds. The van der Waals surface area contributed by atoms with E-state index in [-0.39, 0.29) is 12.3 Å². The molecule has 0 bridgehead atoms. The fourth-order valence-electron chi connectivity index (χ4n) is 1.17. The first-order chi connectivity index (χ1) is 6.70. The van der Waals surface area contributed by atoms with Gasteiger partial charge in [-0.25, -0.2) is 11.0 Å². The van der Waals surface area contributed by atoms with Crippen molar-refractivity contribution >= 4 is 0 Å². The van der Waals surface area contributed by atoms with Gasteiger partial charge in [0.1, 0.15) is 0 Å². The lowest BCUT2D eigenvalue weighted by Gasteiger charge is -2.07. The average molecular weight is 197 g/mol. The number of nitrogens with zero attached hydrogens (tertiary/aromatic N) is 1. The molecule has 0 saturated carbocycles. The second-order valence-electron chi connectivity index (χ2n) is 2.69. The highest BCUT2D eigenvalue weighted by Gasteiger charge is 2.14. The van der Waals surface area contributed by atoms with Gasteiger partial charge in [-0.15, -0.1) is 0 Å². The van der Waals surface area contributed by atoms with Gasteiger partial charge in [-0.3, -0.25) is 0 Å². The molecule has 0 aliphatic heterocycles. The quantitative estimate of drug-likeness (QED) is 0.678. The van der Waals surface area contributed by atoms with Crippen molar-refractivity contribution in [3.05, 3.63) is 40.7 Å². The molecule has 0 aromatic heterocycles. The summed E-state index contributed by atoms with van der Waals surface area (Å²) in [4.78, 5) is 3.14. The van der Waals surface area contributed by atoms with Gasteiger partial charge in [-0.1, -0.05) is 6.07 Å². The summed E-state index contributed by atoms with van der Waals surface area (Å²) in [7, 11) is 1.28. The second-order valence-corrected chi connectivity index (χ2v) is 2.69. The standard InChI is InChI=1S/C10H9F2NO/c1-13-6-5-7-3-4-8(11)9(12)10(7)14-2/h3-4H,5-6H2,2H3. The maximum atomic E-state index is 13.1. The molecular formula is C10H9F2NO. The number of benzene rings is 1. The van der Waals surface area contributed by atoms with Crippen molar-refractivity contribution < 1.29 is 13.5 Å². The Morgan fingerprint density at radius 1 is 1.43 bits per heavy atom. The monoisotopic (exact) mass is 197 g/mol. The van der Waals surface area contributed by atoms with E-state index in [4.69, 9.17) is 11.3 Å². The van der Waals surface area contributed by atoms with E-state index in [0.717, 1.165) is 6.07 Å². The zero-order valence-corrected chi connectivity index (χ0v) is 7.68. The number of ether oxygens (including phenoxy) is 1. The van der Waals surface area contributed by atoms with E-state index in [1.54, 1.807) is 0 Å². The van der Waals surface area contributed by atoms with Crippen LogP contribution in [0.2, 0.25) is 0 Å². The van der Waals surface area contributed by atoms with E-state index in [1.807, 2.05) is 0 Å². The van der Waals surface area contributed by atoms with Gasteiger partial charge in [0.15, 0.2) is 11.6 Å². The van der Waals surface area contributed by atoms with E-state index in [1.165, 1.54) is 13.2 Å². The van der Waals surface area contributed by atoms with E-state index in [0.29, 0.717) is 12.0 Å². The lowest BCUT2D eigenvalue weighted by Crippen LogP contribution is -1.99. The lowest BCUT2D eigenvalue weighted by molar-refractivity contribution is 0.367. The normalized spacial score (nSPS) is 9.57. The number of hydrogen-bond donors (Lipinski definition) is 0. The molecule has 0 heterocycles. The third-order valence-electron chi connectivity index (χ3n) is 1.83. The molecule has 0 fully saturated rings. The molecule has 0 aliphatic carbocycles. The average Bonchev–Trinajstić information content (AvgIpc) is 2.20. The number of rotatable bonds is 3. The van der Waals surface area contributed by atoms with Gasteiger partial charge in [-0.05, 0) is 6.07 Å². The van der Waals surface area contributed by atoms with Gasteiger partial charge in [0, 0.05) is 12.0 Å². The Bertz CT molecular complexity index is 371. The van der Waals surface area contributed by atoms with Crippen LogP contribution in [0.1, 0.15) is 5.56 Å². The zero-order chi connectivity index (χ0) is 10.6. The topological polar surface area (TPSA) is 13.6 Å². The minimum absolute atomic E-state index is 0.103. The van der Waals surface area contributed by atoms with Crippen LogP contribution < -0.4 is 4.74 Å². The second kappa shape index (κ2) is 4.56. The van der Waals surface area contributed by atoms with Crippen LogP contribution >= 0.6 is 0 Å². The van der Waals surface area contributed by atoms with Crippen molar-refractivity contribution in [3.63, 3.8) is 0 Å². The lowest BCUT2D eigenvalue weighted by atomic mass is 10.1. The zero-order valence-electron chi connectivity index (χ0n) is 7.68. The van der Waals surface area contributed by atoms with Crippen LogP contribution in [0.15, 0.2) is 12.1 Å². The van der Waals surface area contributed by atoms with Crippen LogP contribution in [-0.2, 0) is 6.42 Å². The highest BCUT2D eigenvalue weighted by atomic mass is 19.2. The van der Waals surface area contributed by atoms with Crippen molar-refractivity contribution in [1.82, 2.24) is 0 Å². The molecule has 1 aromatic rings. The summed E-state index contributed by atoms with van der Waals surface area (Å²) < 4.78 is 30.6. The van der Waals surface area contributed by atoms with Gasteiger partial charge in [0.05, 0.1) is 7.11 Å². The molecule has 0 unspecified atom stereocenters. The van der Waals surface area contributed by atoms with Crippen molar-refractivity contribution in [2.75, 3.05) is 13.7 Å². The van der Waals surface area contributed by atoms with Crippen LogP contribution in [0.3, 0.4) is 0 Å². The van der Waals surface area contributed by atoms with E-state index in [9.17, 15) is 8.78 Å². The molecule has 2 nitrogen and oxygen atoms in total. The number of halogens is 2. The summed E-state index contributed by atoms with van der Waals surface area (Å²) in [6, 6.07) is 2.47. The van der Waals surface area contributed by atoms with Crippen molar-refractivity contribution in [3.8, 4) is 5.75 Å². The fourth-order valence-corrected chi connectivity index (χ4v) is 1.17. The Labute approximate surface area is 80.9 Å². The van der Waals surface area contributed by atoms with Gasteiger partial charge in [0.2, 0.25) is 12.4 Å².